The predicted molar refractivity (Wildman–Crippen MR) is 130 cm³/mol. The molecule has 2 aromatic carbocycles. The lowest BCUT2D eigenvalue weighted by Crippen LogP contribution is -2.35. The molecule has 0 aromatic heterocycles. The third-order valence-corrected chi connectivity index (χ3v) is 8.30. The molecule has 182 valence electrons. The number of likely N-dealkylation sites (tertiary alicyclic amines) is 1. The largest absolute Gasteiger partial charge is 0.495 e. The van der Waals surface area contributed by atoms with Crippen molar-refractivity contribution in [3.63, 3.8) is 0 Å². The van der Waals surface area contributed by atoms with Crippen LogP contribution in [-0.4, -0.2) is 62.7 Å². The smallest absolute Gasteiger partial charge is 0.255 e. The van der Waals surface area contributed by atoms with E-state index in [1.165, 1.54) is 23.5 Å². The highest BCUT2D eigenvalue weighted by Gasteiger charge is 2.29. The van der Waals surface area contributed by atoms with Gasteiger partial charge in [-0.1, -0.05) is 18.6 Å². The minimum Gasteiger partial charge on any atom is -0.495 e. The number of piperidine rings is 1. The first kappa shape index (κ1) is 24.2. The van der Waals surface area contributed by atoms with E-state index in [2.05, 4.69) is 5.32 Å². The Morgan fingerprint density at radius 3 is 2.21 bits per heavy atom. The van der Waals surface area contributed by atoms with Crippen LogP contribution in [-0.2, 0) is 21.2 Å². The number of hydrogen-bond donors (Lipinski definition) is 1. The number of ether oxygens (including phenoxy) is 1. The van der Waals surface area contributed by atoms with Crippen LogP contribution in [0.4, 0.5) is 5.69 Å². The maximum absolute atomic E-state index is 13.2. The van der Waals surface area contributed by atoms with Gasteiger partial charge < -0.3 is 15.0 Å². The molecule has 2 saturated heterocycles. The number of sulfonamides is 1. The molecular weight excluding hydrogens is 454 g/mol. The van der Waals surface area contributed by atoms with E-state index in [9.17, 15) is 18.0 Å². The Morgan fingerprint density at radius 1 is 0.912 bits per heavy atom. The first-order chi connectivity index (χ1) is 16.4. The Kier molecular flexibility index (Phi) is 7.53. The van der Waals surface area contributed by atoms with Crippen molar-refractivity contribution in [2.45, 2.75) is 43.4 Å². The molecule has 9 heteroatoms. The number of nitrogens with one attached hydrogen (secondary N) is 1. The first-order valence-electron chi connectivity index (χ1n) is 11.7. The van der Waals surface area contributed by atoms with Crippen LogP contribution in [0.5, 0.6) is 5.75 Å². The van der Waals surface area contributed by atoms with Crippen LogP contribution in [0, 0.1) is 0 Å². The van der Waals surface area contributed by atoms with Crippen molar-refractivity contribution in [1.82, 2.24) is 9.21 Å². The molecule has 0 bridgehead atoms. The number of nitrogens with zero attached hydrogens (tertiary/aromatic N) is 2. The quantitative estimate of drug-likeness (QED) is 0.649. The molecule has 4 rings (SSSR count). The summed E-state index contributed by atoms with van der Waals surface area (Å²) < 4.78 is 33.2. The highest BCUT2D eigenvalue weighted by molar-refractivity contribution is 7.89. The van der Waals surface area contributed by atoms with Crippen LogP contribution in [0.15, 0.2) is 47.4 Å². The normalized spacial score (nSPS) is 16.9. The van der Waals surface area contributed by atoms with Gasteiger partial charge in [-0.05, 0) is 61.6 Å². The van der Waals surface area contributed by atoms with Crippen LogP contribution in [0.3, 0.4) is 0 Å². The number of carbonyl (C=O) groups excluding carboxylic acids is 2. The molecule has 2 fully saturated rings. The Morgan fingerprint density at radius 2 is 1.56 bits per heavy atom. The Labute approximate surface area is 200 Å². The summed E-state index contributed by atoms with van der Waals surface area (Å²) in [6.45, 7) is 2.58. The van der Waals surface area contributed by atoms with Crippen LogP contribution in [0.1, 0.15) is 48.0 Å². The molecule has 0 saturated carbocycles. The van der Waals surface area contributed by atoms with Crippen molar-refractivity contribution >= 4 is 27.5 Å². The second kappa shape index (κ2) is 10.6. The van der Waals surface area contributed by atoms with Gasteiger partial charge in [-0.2, -0.15) is 4.31 Å². The molecule has 8 nitrogen and oxygen atoms in total. The van der Waals surface area contributed by atoms with E-state index in [0.29, 0.717) is 25.2 Å². The summed E-state index contributed by atoms with van der Waals surface area (Å²) in [5.74, 6) is -0.0808. The zero-order chi connectivity index (χ0) is 24.1. The summed E-state index contributed by atoms with van der Waals surface area (Å²) >= 11 is 0. The van der Waals surface area contributed by atoms with Crippen molar-refractivity contribution in [2.75, 3.05) is 38.6 Å². The number of rotatable bonds is 7. The Balaban J connectivity index is 1.46. The van der Waals surface area contributed by atoms with Crippen LogP contribution in [0.2, 0.25) is 0 Å². The van der Waals surface area contributed by atoms with E-state index in [1.54, 1.807) is 18.2 Å². The van der Waals surface area contributed by atoms with Gasteiger partial charge in [-0.25, -0.2) is 8.42 Å². The number of anilines is 1. The first-order valence-corrected chi connectivity index (χ1v) is 13.2. The average Bonchev–Trinajstić information content (AvgIpc) is 3.41. The number of carbonyl (C=O) groups is 2. The van der Waals surface area contributed by atoms with Gasteiger partial charge in [0.05, 0.1) is 13.5 Å². The van der Waals surface area contributed by atoms with E-state index < -0.39 is 15.9 Å². The molecule has 2 heterocycles. The minimum atomic E-state index is -3.77. The van der Waals surface area contributed by atoms with Gasteiger partial charge in [0.2, 0.25) is 15.9 Å². The van der Waals surface area contributed by atoms with Gasteiger partial charge >= 0.3 is 0 Å². The Hall–Kier alpha value is -2.91. The monoisotopic (exact) mass is 485 g/mol. The molecule has 2 aromatic rings. The van der Waals surface area contributed by atoms with Gasteiger partial charge in [0, 0.05) is 37.4 Å². The SMILES string of the molecule is COc1ccc(C(=O)Nc2ccc(CC(=O)N3CCCC3)cc2)cc1S(=O)(=O)N1CCCCC1. The second-order valence-electron chi connectivity index (χ2n) is 8.75. The number of methoxy groups -OCH3 is 1. The lowest BCUT2D eigenvalue weighted by Gasteiger charge is -2.26. The van der Waals surface area contributed by atoms with Crippen molar-refractivity contribution in [2.24, 2.45) is 0 Å². The van der Waals surface area contributed by atoms with E-state index in [4.69, 9.17) is 4.74 Å². The van der Waals surface area contributed by atoms with Gasteiger partial charge in [0.1, 0.15) is 10.6 Å². The third-order valence-electron chi connectivity index (χ3n) is 6.38. The van der Waals surface area contributed by atoms with Crippen molar-refractivity contribution < 1.29 is 22.7 Å². The fraction of sp³-hybridized carbons (Fsp3) is 0.440. The zero-order valence-corrected chi connectivity index (χ0v) is 20.3. The molecule has 2 amide bonds. The molecule has 0 atom stereocenters. The Bertz CT molecular complexity index is 1140. The van der Waals surface area contributed by atoms with Crippen LogP contribution >= 0.6 is 0 Å². The number of amides is 2. The molecule has 0 unspecified atom stereocenters. The molecule has 0 spiro atoms. The van der Waals surface area contributed by atoms with E-state index >= 15 is 0 Å². The van der Waals surface area contributed by atoms with Crippen molar-refractivity contribution in [3.8, 4) is 5.75 Å². The topological polar surface area (TPSA) is 96.0 Å². The summed E-state index contributed by atoms with van der Waals surface area (Å²) in [4.78, 5) is 27.1. The van der Waals surface area contributed by atoms with Gasteiger partial charge in [0.25, 0.3) is 5.91 Å². The summed E-state index contributed by atoms with van der Waals surface area (Å²) in [6.07, 6.45) is 5.11. The van der Waals surface area contributed by atoms with E-state index in [-0.39, 0.29) is 22.1 Å². The molecule has 1 N–H and O–H groups in total. The lowest BCUT2D eigenvalue weighted by molar-refractivity contribution is -0.129. The highest BCUT2D eigenvalue weighted by Crippen LogP contribution is 2.30. The molecule has 2 aliphatic heterocycles. The van der Waals surface area contributed by atoms with Gasteiger partial charge in [-0.15, -0.1) is 0 Å². The lowest BCUT2D eigenvalue weighted by atomic mass is 10.1. The van der Waals surface area contributed by atoms with Crippen molar-refractivity contribution in [3.05, 3.63) is 53.6 Å². The third kappa shape index (κ3) is 5.42. The fourth-order valence-corrected chi connectivity index (χ4v) is 6.12. The molecule has 0 radical (unpaired) electrons. The average molecular weight is 486 g/mol. The van der Waals surface area contributed by atoms with Crippen molar-refractivity contribution in [1.29, 1.82) is 0 Å². The van der Waals surface area contributed by atoms with E-state index in [0.717, 1.165) is 50.8 Å². The predicted octanol–water partition coefficient (Wildman–Crippen LogP) is 3.29. The summed E-state index contributed by atoms with van der Waals surface area (Å²) in [7, 11) is -2.35. The van der Waals surface area contributed by atoms with Gasteiger partial charge in [-0.3, -0.25) is 9.59 Å². The zero-order valence-electron chi connectivity index (χ0n) is 19.5. The number of hydrogen-bond acceptors (Lipinski definition) is 5. The standard InChI is InChI=1S/C25H31N3O5S/c1-33-22-12-9-20(18-23(22)34(31,32)28-15-3-2-4-16-28)25(30)26-21-10-7-19(8-11-21)17-24(29)27-13-5-6-14-27/h7-12,18H,2-6,13-17H2,1H3,(H,26,30). The molecular formula is C25H31N3O5S. The highest BCUT2D eigenvalue weighted by atomic mass is 32.2. The molecule has 0 aliphatic carbocycles. The molecule has 2 aliphatic rings. The number of benzene rings is 2. The van der Waals surface area contributed by atoms with Crippen LogP contribution < -0.4 is 10.1 Å². The van der Waals surface area contributed by atoms with Gasteiger partial charge in [0.15, 0.2) is 0 Å². The summed E-state index contributed by atoms with van der Waals surface area (Å²) in [5.41, 5.74) is 1.68. The molecule has 34 heavy (non-hydrogen) atoms. The van der Waals surface area contributed by atoms with Crippen LogP contribution in [0.25, 0.3) is 0 Å². The fourth-order valence-electron chi connectivity index (χ4n) is 4.43. The second-order valence-corrected chi connectivity index (χ2v) is 10.7. The summed E-state index contributed by atoms with van der Waals surface area (Å²) in [5, 5.41) is 2.81. The van der Waals surface area contributed by atoms with E-state index in [1.807, 2.05) is 17.0 Å². The maximum Gasteiger partial charge on any atom is 0.255 e. The summed E-state index contributed by atoms with van der Waals surface area (Å²) in [6, 6.07) is 11.6. The minimum absolute atomic E-state index is 0.000299. The maximum atomic E-state index is 13.2.